The lowest BCUT2D eigenvalue weighted by Crippen LogP contribution is -2.13. The van der Waals surface area contributed by atoms with Crippen LogP contribution >= 0.6 is 27.3 Å². The summed E-state index contributed by atoms with van der Waals surface area (Å²) in [6, 6.07) is 7.86. The number of hydrogen-bond acceptors (Lipinski definition) is 3. The molecule has 0 aliphatic carbocycles. The number of aliphatic hydroxyl groups is 1. The number of methoxy groups -OCH3 is 1. The van der Waals surface area contributed by atoms with Crippen LogP contribution in [0.2, 0.25) is 0 Å². The van der Waals surface area contributed by atoms with Gasteiger partial charge in [-0.1, -0.05) is 15.9 Å². The summed E-state index contributed by atoms with van der Waals surface area (Å²) < 4.78 is 6.20. The first-order valence-electron chi connectivity index (χ1n) is 5.70. The first kappa shape index (κ1) is 13.6. The molecule has 2 aromatic rings. The van der Waals surface area contributed by atoms with Gasteiger partial charge in [0.2, 0.25) is 0 Å². The average Bonchev–Trinajstić information content (AvgIpc) is 2.84. The van der Waals surface area contributed by atoms with E-state index in [-0.39, 0.29) is 6.10 Å². The van der Waals surface area contributed by atoms with Gasteiger partial charge in [-0.05, 0) is 59.0 Å². The van der Waals surface area contributed by atoms with Gasteiger partial charge in [0.1, 0.15) is 5.75 Å². The van der Waals surface area contributed by atoms with E-state index in [4.69, 9.17) is 4.74 Å². The fraction of sp³-hybridized carbons (Fsp3) is 0.286. The number of rotatable bonds is 5. The van der Waals surface area contributed by atoms with Gasteiger partial charge in [0.05, 0.1) is 13.2 Å². The molecule has 1 unspecified atom stereocenters. The molecule has 0 aliphatic rings. The Morgan fingerprint density at radius 1 is 1.33 bits per heavy atom. The maximum absolute atomic E-state index is 10.1. The second-order valence-corrected chi connectivity index (χ2v) is 5.79. The zero-order chi connectivity index (χ0) is 13.0. The predicted molar refractivity (Wildman–Crippen MR) is 78.4 cm³/mol. The fourth-order valence-corrected chi connectivity index (χ4v) is 2.93. The molecule has 0 spiro atoms. The smallest absolute Gasteiger partial charge is 0.119 e. The molecule has 1 N–H and O–H groups in total. The Morgan fingerprint density at radius 3 is 2.83 bits per heavy atom. The van der Waals surface area contributed by atoms with Crippen LogP contribution in [-0.4, -0.2) is 18.3 Å². The number of ether oxygens (including phenoxy) is 1. The molecule has 0 amide bonds. The highest BCUT2D eigenvalue weighted by molar-refractivity contribution is 9.10. The molecular formula is C14H15BrO2S. The molecule has 1 heterocycles. The van der Waals surface area contributed by atoms with Crippen molar-refractivity contribution in [2.45, 2.75) is 18.9 Å². The first-order chi connectivity index (χ1) is 8.69. The first-order valence-corrected chi connectivity index (χ1v) is 7.44. The lowest BCUT2D eigenvalue weighted by atomic mass is 10.0. The van der Waals surface area contributed by atoms with Gasteiger partial charge >= 0.3 is 0 Å². The zero-order valence-electron chi connectivity index (χ0n) is 10.1. The molecule has 18 heavy (non-hydrogen) atoms. The highest BCUT2D eigenvalue weighted by Crippen LogP contribution is 2.24. The predicted octanol–water partition coefficient (Wildman–Crippen LogP) is 3.67. The van der Waals surface area contributed by atoms with Crippen molar-refractivity contribution in [1.82, 2.24) is 0 Å². The minimum atomic E-state index is -0.372. The molecule has 1 aromatic carbocycles. The van der Waals surface area contributed by atoms with Crippen molar-refractivity contribution >= 4 is 27.3 Å². The summed E-state index contributed by atoms with van der Waals surface area (Å²) in [4.78, 5) is 0. The number of halogens is 1. The van der Waals surface area contributed by atoms with Gasteiger partial charge in [0.25, 0.3) is 0 Å². The normalized spacial score (nSPS) is 12.4. The topological polar surface area (TPSA) is 29.5 Å². The van der Waals surface area contributed by atoms with E-state index in [9.17, 15) is 5.11 Å². The van der Waals surface area contributed by atoms with E-state index in [1.54, 1.807) is 18.4 Å². The monoisotopic (exact) mass is 326 g/mol. The Kier molecular flexibility index (Phi) is 4.80. The van der Waals surface area contributed by atoms with E-state index in [0.717, 1.165) is 15.8 Å². The third-order valence-corrected chi connectivity index (χ3v) is 4.27. The van der Waals surface area contributed by atoms with Gasteiger partial charge in [-0.2, -0.15) is 11.3 Å². The third kappa shape index (κ3) is 3.57. The summed E-state index contributed by atoms with van der Waals surface area (Å²) in [5, 5.41) is 14.2. The van der Waals surface area contributed by atoms with E-state index in [1.807, 2.05) is 23.6 Å². The van der Waals surface area contributed by atoms with Crippen molar-refractivity contribution in [2.24, 2.45) is 0 Å². The minimum absolute atomic E-state index is 0.372. The van der Waals surface area contributed by atoms with Gasteiger partial charge in [0.15, 0.2) is 0 Å². The van der Waals surface area contributed by atoms with Crippen LogP contribution in [-0.2, 0) is 12.8 Å². The zero-order valence-corrected chi connectivity index (χ0v) is 12.5. The standard InChI is InChI=1S/C14H15BrO2S/c1-17-13-2-3-14(15)11(8-13)7-12(16)6-10-4-5-18-9-10/h2-5,8-9,12,16H,6-7H2,1H3. The lowest BCUT2D eigenvalue weighted by Gasteiger charge is -2.12. The van der Waals surface area contributed by atoms with Gasteiger partial charge in [0, 0.05) is 4.47 Å². The minimum Gasteiger partial charge on any atom is -0.497 e. The maximum Gasteiger partial charge on any atom is 0.119 e. The Hall–Kier alpha value is -0.840. The molecule has 0 fully saturated rings. The molecule has 0 aliphatic heterocycles. The summed E-state index contributed by atoms with van der Waals surface area (Å²) >= 11 is 5.16. The highest BCUT2D eigenvalue weighted by Gasteiger charge is 2.10. The molecule has 96 valence electrons. The third-order valence-electron chi connectivity index (χ3n) is 2.76. The number of aliphatic hydroxyl groups excluding tert-OH is 1. The second-order valence-electron chi connectivity index (χ2n) is 4.15. The quantitative estimate of drug-likeness (QED) is 0.908. The maximum atomic E-state index is 10.1. The summed E-state index contributed by atoms with van der Waals surface area (Å²) in [6.45, 7) is 0. The molecule has 1 aromatic heterocycles. The number of thiophene rings is 1. The van der Waals surface area contributed by atoms with Gasteiger partial charge in [-0.15, -0.1) is 0 Å². The molecule has 0 bridgehead atoms. The second kappa shape index (κ2) is 6.36. The summed E-state index contributed by atoms with van der Waals surface area (Å²) in [5.41, 5.74) is 2.25. The van der Waals surface area contributed by atoms with Crippen LogP contribution in [0.3, 0.4) is 0 Å². The number of hydrogen-bond donors (Lipinski definition) is 1. The fourth-order valence-electron chi connectivity index (χ4n) is 1.84. The molecule has 2 nitrogen and oxygen atoms in total. The molecule has 0 saturated carbocycles. The van der Waals surface area contributed by atoms with E-state index in [1.165, 1.54) is 5.56 Å². The number of benzene rings is 1. The summed E-state index contributed by atoms with van der Waals surface area (Å²) in [5.74, 6) is 0.816. The van der Waals surface area contributed by atoms with Crippen LogP contribution in [0.25, 0.3) is 0 Å². The van der Waals surface area contributed by atoms with E-state index >= 15 is 0 Å². The van der Waals surface area contributed by atoms with Crippen molar-refractivity contribution in [3.05, 3.63) is 50.6 Å². The van der Waals surface area contributed by atoms with Crippen LogP contribution in [0.4, 0.5) is 0 Å². The molecule has 0 radical (unpaired) electrons. The Bertz CT molecular complexity index is 497. The van der Waals surface area contributed by atoms with Gasteiger partial charge in [-0.3, -0.25) is 0 Å². The average molecular weight is 327 g/mol. The SMILES string of the molecule is COc1ccc(Br)c(CC(O)Cc2ccsc2)c1. The highest BCUT2D eigenvalue weighted by atomic mass is 79.9. The largest absolute Gasteiger partial charge is 0.497 e. The van der Waals surface area contributed by atoms with Crippen molar-refractivity contribution in [3.63, 3.8) is 0 Å². The van der Waals surface area contributed by atoms with Crippen LogP contribution in [0.1, 0.15) is 11.1 Å². The van der Waals surface area contributed by atoms with Crippen molar-refractivity contribution in [1.29, 1.82) is 0 Å². The molecule has 4 heteroatoms. The van der Waals surface area contributed by atoms with Crippen LogP contribution in [0, 0.1) is 0 Å². The Labute approximate surface area is 119 Å². The van der Waals surface area contributed by atoms with Gasteiger partial charge in [-0.25, -0.2) is 0 Å². The van der Waals surface area contributed by atoms with E-state index < -0.39 is 0 Å². The van der Waals surface area contributed by atoms with E-state index in [2.05, 4.69) is 27.4 Å². The van der Waals surface area contributed by atoms with Gasteiger partial charge < -0.3 is 9.84 Å². The Morgan fingerprint density at radius 2 is 2.17 bits per heavy atom. The summed E-state index contributed by atoms with van der Waals surface area (Å²) in [6.07, 6.45) is 0.934. The molecular weight excluding hydrogens is 312 g/mol. The van der Waals surface area contributed by atoms with Crippen LogP contribution in [0.5, 0.6) is 5.75 Å². The molecule has 1 atom stereocenters. The van der Waals surface area contributed by atoms with E-state index in [0.29, 0.717) is 12.8 Å². The molecule has 2 rings (SSSR count). The lowest BCUT2D eigenvalue weighted by molar-refractivity contribution is 0.175. The van der Waals surface area contributed by atoms with Crippen molar-refractivity contribution in [3.8, 4) is 5.75 Å². The van der Waals surface area contributed by atoms with Crippen molar-refractivity contribution < 1.29 is 9.84 Å². The summed E-state index contributed by atoms with van der Waals surface area (Å²) in [7, 11) is 1.65. The van der Waals surface area contributed by atoms with Crippen LogP contribution in [0.15, 0.2) is 39.5 Å². The Balaban J connectivity index is 2.04. The molecule has 0 saturated heterocycles. The van der Waals surface area contributed by atoms with Crippen LogP contribution < -0.4 is 4.74 Å². The van der Waals surface area contributed by atoms with Crippen molar-refractivity contribution in [2.75, 3.05) is 7.11 Å².